The van der Waals surface area contributed by atoms with Gasteiger partial charge >= 0.3 is 0 Å². The van der Waals surface area contributed by atoms with Gasteiger partial charge in [-0.1, -0.05) is 23.7 Å². The minimum Gasteiger partial charge on any atom is -0.394 e. The second-order valence-corrected chi connectivity index (χ2v) is 6.90. The minimum absolute atomic E-state index is 0.161. The van der Waals surface area contributed by atoms with Crippen molar-refractivity contribution in [3.8, 4) is 0 Å². The molecule has 4 rings (SSSR count). The number of nitrogen functional groups attached to an aromatic ring is 1. The van der Waals surface area contributed by atoms with Crippen molar-refractivity contribution in [3.05, 3.63) is 41.2 Å². The van der Waals surface area contributed by atoms with E-state index >= 15 is 0 Å². The Morgan fingerprint density at radius 2 is 1.93 bits per heavy atom. The second kappa shape index (κ2) is 7.49. The number of aliphatic hydroxyl groups excluding tert-OH is 3. The van der Waals surface area contributed by atoms with Gasteiger partial charge < -0.3 is 31.1 Å². The number of anilines is 2. The van der Waals surface area contributed by atoms with Crippen LogP contribution in [0.15, 0.2) is 30.6 Å². The molecule has 1 saturated heterocycles. The number of hydrogen-bond donors (Lipinski definition) is 5. The Morgan fingerprint density at radius 3 is 2.61 bits per heavy atom. The number of nitrogens with one attached hydrogen (secondary N) is 1. The topological polar surface area (TPSA) is 152 Å². The summed E-state index contributed by atoms with van der Waals surface area (Å²) in [5, 5.41) is 33.3. The minimum atomic E-state index is -1.25. The van der Waals surface area contributed by atoms with Crippen LogP contribution in [0.2, 0.25) is 5.02 Å². The molecular weight excluding hydrogens is 388 g/mol. The summed E-state index contributed by atoms with van der Waals surface area (Å²) in [7, 11) is 0. The number of hydrogen-bond acceptors (Lipinski definition) is 9. The van der Waals surface area contributed by atoms with Crippen LogP contribution < -0.4 is 11.1 Å². The van der Waals surface area contributed by atoms with E-state index in [0.717, 1.165) is 5.56 Å². The summed E-state index contributed by atoms with van der Waals surface area (Å²) in [6.45, 7) is 0.0243. The fraction of sp³-hybridized carbons (Fsp3) is 0.353. The number of aliphatic hydroxyl groups is 3. The molecular formula is C17H19ClN6O4. The van der Waals surface area contributed by atoms with Gasteiger partial charge in [0.1, 0.15) is 23.8 Å². The van der Waals surface area contributed by atoms with Crippen LogP contribution in [0, 0.1) is 0 Å². The Labute approximate surface area is 164 Å². The lowest BCUT2D eigenvalue weighted by Crippen LogP contribution is -2.33. The third-order valence-electron chi connectivity index (χ3n) is 4.60. The molecule has 6 N–H and O–H groups in total. The third-order valence-corrected chi connectivity index (χ3v) is 4.86. The summed E-state index contributed by atoms with van der Waals surface area (Å²) in [5.41, 5.74) is 7.65. The molecule has 0 spiro atoms. The van der Waals surface area contributed by atoms with Gasteiger partial charge in [0.15, 0.2) is 17.7 Å². The summed E-state index contributed by atoms with van der Waals surface area (Å²) in [6.07, 6.45) is -2.95. The summed E-state index contributed by atoms with van der Waals surface area (Å²) >= 11 is 5.89. The maximum Gasteiger partial charge on any atom is 0.227 e. The SMILES string of the molecule is Nc1nc(NCc2ccc(Cl)cc2)nc2c1ncn2C1O[C@H](CO)[C@@H](O)[C@H]1O. The number of halogens is 1. The fourth-order valence-electron chi connectivity index (χ4n) is 3.10. The number of aromatic nitrogens is 4. The second-order valence-electron chi connectivity index (χ2n) is 6.47. The molecule has 4 atom stereocenters. The van der Waals surface area contributed by atoms with Crippen molar-refractivity contribution in [3.63, 3.8) is 0 Å². The molecule has 1 aliphatic heterocycles. The molecule has 10 nitrogen and oxygen atoms in total. The standard InChI is InChI=1S/C17H19ClN6O4/c18-9-3-1-8(2-4-9)5-20-17-22-14(19)11-15(23-17)24(7-21-11)16-13(27)12(26)10(6-25)28-16/h1-4,7,10,12-13,16,25-27H,5-6H2,(H3,19,20,22,23)/t10-,12-,13-,16?/m1/s1. The van der Waals surface area contributed by atoms with E-state index in [9.17, 15) is 15.3 Å². The van der Waals surface area contributed by atoms with Gasteiger partial charge in [-0.15, -0.1) is 0 Å². The zero-order valence-corrected chi connectivity index (χ0v) is 15.4. The molecule has 1 aliphatic rings. The Bertz CT molecular complexity index is 982. The lowest BCUT2D eigenvalue weighted by Gasteiger charge is -2.16. The third kappa shape index (κ3) is 3.36. The zero-order valence-electron chi connectivity index (χ0n) is 14.6. The quantitative estimate of drug-likeness (QED) is 0.402. The van der Waals surface area contributed by atoms with Crippen molar-refractivity contribution in [2.24, 2.45) is 0 Å². The number of benzene rings is 1. The summed E-state index contributed by atoms with van der Waals surface area (Å²) in [4.78, 5) is 12.8. The van der Waals surface area contributed by atoms with E-state index in [-0.39, 0.29) is 11.8 Å². The van der Waals surface area contributed by atoms with Crippen molar-refractivity contribution in [1.29, 1.82) is 0 Å². The fourth-order valence-corrected chi connectivity index (χ4v) is 3.22. The first kappa shape index (κ1) is 18.8. The summed E-state index contributed by atoms with van der Waals surface area (Å²) < 4.78 is 7.01. The number of imidazole rings is 1. The molecule has 1 unspecified atom stereocenters. The molecule has 0 aliphatic carbocycles. The van der Waals surface area contributed by atoms with Crippen LogP contribution in [0.5, 0.6) is 0 Å². The number of ether oxygens (including phenoxy) is 1. The van der Waals surface area contributed by atoms with Crippen LogP contribution in [0.3, 0.4) is 0 Å². The molecule has 11 heteroatoms. The first-order valence-corrected chi connectivity index (χ1v) is 8.96. The van der Waals surface area contributed by atoms with Gasteiger partial charge in [-0.05, 0) is 17.7 Å². The van der Waals surface area contributed by atoms with E-state index in [4.69, 9.17) is 22.1 Å². The smallest absolute Gasteiger partial charge is 0.227 e. The van der Waals surface area contributed by atoms with Crippen molar-refractivity contribution in [2.75, 3.05) is 17.7 Å². The van der Waals surface area contributed by atoms with E-state index in [1.807, 2.05) is 12.1 Å². The van der Waals surface area contributed by atoms with Gasteiger partial charge in [-0.25, -0.2) is 4.98 Å². The van der Waals surface area contributed by atoms with Gasteiger partial charge in [-0.2, -0.15) is 9.97 Å². The monoisotopic (exact) mass is 406 g/mol. The molecule has 0 amide bonds. The van der Waals surface area contributed by atoms with E-state index in [1.54, 1.807) is 12.1 Å². The Kier molecular flexibility index (Phi) is 5.04. The van der Waals surface area contributed by atoms with Gasteiger partial charge in [0.05, 0.1) is 12.9 Å². The normalized spacial score (nSPS) is 24.7. The van der Waals surface area contributed by atoms with E-state index in [1.165, 1.54) is 10.9 Å². The molecule has 0 radical (unpaired) electrons. The highest BCUT2D eigenvalue weighted by Gasteiger charge is 2.44. The van der Waals surface area contributed by atoms with Crippen LogP contribution in [0.25, 0.3) is 11.2 Å². The predicted molar refractivity (Wildman–Crippen MR) is 102 cm³/mol. The Hall–Kier alpha value is -2.50. The van der Waals surface area contributed by atoms with E-state index in [2.05, 4.69) is 20.3 Å². The zero-order chi connectivity index (χ0) is 19.8. The van der Waals surface area contributed by atoms with Crippen LogP contribution in [-0.4, -0.2) is 59.8 Å². The molecule has 1 aromatic carbocycles. The average Bonchev–Trinajstić information content (AvgIpc) is 3.23. The van der Waals surface area contributed by atoms with Crippen LogP contribution in [0.1, 0.15) is 11.8 Å². The highest BCUT2D eigenvalue weighted by Crippen LogP contribution is 2.32. The van der Waals surface area contributed by atoms with Gasteiger partial charge in [-0.3, -0.25) is 4.57 Å². The molecule has 2 aromatic heterocycles. The van der Waals surface area contributed by atoms with Crippen molar-refractivity contribution >= 4 is 34.5 Å². The maximum atomic E-state index is 10.3. The number of nitrogens with zero attached hydrogens (tertiary/aromatic N) is 4. The average molecular weight is 407 g/mol. The molecule has 3 aromatic rings. The number of nitrogens with two attached hydrogens (primary N) is 1. The molecule has 0 saturated carbocycles. The lowest BCUT2D eigenvalue weighted by molar-refractivity contribution is -0.0511. The van der Waals surface area contributed by atoms with E-state index < -0.39 is 31.1 Å². The largest absolute Gasteiger partial charge is 0.394 e. The number of fused-ring (bicyclic) bond motifs is 1. The Morgan fingerprint density at radius 1 is 1.18 bits per heavy atom. The summed E-state index contributed by atoms with van der Waals surface area (Å²) in [6, 6.07) is 7.32. The van der Waals surface area contributed by atoms with Crippen LogP contribution >= 0.6 is 11.6 Å². The molecule has 3 heterocycles. The van der Waals surface area contributed by atoms with E-state index in [0.29, 0.717) is 22.7 Å². The van der Waals surface area contributed by atoms with Crippen molar-refractivity contribution in [2.45, 2.75) is 31.1 Å². The van der Waals surface area contributed by atoms with Gasteiger partial charge in [0, 0.05) is 11.6 Å². The van der Waals surface area contributed by atoms with Crippen LogP contribution in [-0.2, 0) is 11.3 Å². The van der Waals surface area contributed by atoms with Crippen molar-refractivity contribution in [1.82, 2.24) is 19.5 Å². The highest BCUT2D eigenvalue weighted by molar-refractivity contribution is 6.30. The first-order valence-electron chi connectivity index (χ1n) is 8.58. The molecule has 0 bridgehead atoms. The lowest BCUT2D eigenvalue weighted by atomic mass is 10.1. The van der Waals surface area contributed by atoms with Crippen molar-refractivity contribution < 1.29 is 20.1 Å². The molecule has 1 fully saturated rings. The predicted octanol–water partition coefficient (Wildman–Crippen LogP) is 0.285. The highest BCUT2D eigenvalue weighted by atomic mass is 35.5. The van der Waals surface area contributed by atoms with Gasteiger partial charge in [0.2, 0.25) is 5.95 Å². The Balaban J connectivity index is 1.62. The number of rotatable bonds is 5. The molecule has 148 valence electrons. The summed E-state index contributed by atoms with van der Waals surface area (Å²) in [5.74, 6) is 0.433. The van der Waals surface area contributed by atoms with Crippen LogP contribution in [0.4, 0.5) is 11.8 Å². The molecule has 28 heavy (non-hydrogen) atoms. The first-order chi connectivity index (χ1) is 13.5. The van der Waals surface area contributed by atoms with Gasteiger partial charge in [0.25, 0.3) is 0 Å². The maximum absolute atomic E-state index is 10.3.